The molecule has 0 N–H and O–H groups in total. The van der Waals surface area contributed by atoms with E-state index in [-0.39, 0.29) is 0 Å². The molecular weight excluding hydrogens is 244 g/mol. The summed E-state index contributed by atoms with van der Waals surface area (Å²) in [7, 11) is 0. The molecule has 0 saturated carbocycles. The molecule has 94 valence electrons. The Hall–Kier alpha value is -3.10. The fourth-order valence-electron chi connectivity index (χ4n) is 1.87. The van der Waals surface area contributed by atoms with Crippen molar-refractivity contribution in [2.75, 3.05) is 0 Å². The Morgan fingerprint density at radius 2 is 1.55 bits per heavy atom. The maximum atomic E-state index is 9.13. The van der Waals surface area contributed by atoms with Crippen LogP contribution in [0.4, 0.5) is 0 Å². The third-order valence-electron chi connectivity index (χ3n) is 2.84. The fraction of sp³-hybridized carbons (Fsp3) is 0. The first-order chi connectivity index (χ1) is 9.85. The number of nitrogens with zero attached hydrogens (tertiary/aromatic N) is 2. The van der Waals surface area contributed by atoms with Gasteiger partial charge in [-0.1, -0.05) is 66.7 Å². The number of nitriles is 2. The molecule has 0 heterocycles. The van der Waals surface area contributed by atoms with Crippen molar-refractivity contribution in [3.8, 4) is 12.1 Å². The zero-order valence-electron chi connectivity index (χ0n) is 10.8. The molecule has 0 fully saturated rings. The predicted molar refractivity (Wildman–Crippen MR) is 81.0 cm³/mol. The number of hydrogen-bond donors (Lipinski definition) is 0. The van der Waals surface area contributed by atoms with Crippen LogP contribution in [0.3, 0.4) is 0 Å². The first-order valence-corrected chi connectivity index (χ1v) is 6.17. The highest BCUT2D eigenvalue weighted by Gasteiger charge is 2.04. The van der Waals surface area contributed by atoms with Gasteiger partial charge in [0, 0.05) is 11.6 Å². The third-order valence-corrected chi connectivity index (χ3v) is 2.84. The van der Waals surface area contributed by atoms with Gasteiger partial charge < -0.3 is 0 Å². The van der Waals surface area contributed by atoms with Crippen molar-refractivity contribution < 1.29 is 0 Å². The van der Waals surface area contributed by atoms with E-state index in [9.17, 15) is 0 Å². The molecule has 0 aromatic heterocycles. The van der Waals surface area contributed by atoms with Crippen molar-refractivity contribution in [1.29, 1.82) is 10.5 Å². The molecule has 0 aliphatic rings. The van der Waals surface area contributed by atoms with E-state index < -0.39 is 0 Å². The minimum atomic E-state index is 0.376. The Balaban J connectivity index is 2.40. The van der Waals surface area contributed by atoms with Gasteiger partial charge in [0.2, 0.25) is 0 Å². The number of rotatable bonds is 3. The van der Waals surface area contributed by atoms with E-state index in [1.54, 1.807) is 0 Å². The van der Waals surface area contributed by atoms with Crippen LogP contribution >= 0.6 is 0 Å². The molecule has 0 atom stereocenters. The Labute approximate surface area is 118 Å². The standard InChI is InChI=1S/C18H12N2/c19-13-12-17(14-20)18-9-5-4-8-16(18)11-10-15-6-2-1-3-7-15/h1-12H/b11-10+,17-12-. The molecule has 2 rings (SSSR count). The molecule has 0 radical (unpaired) electrons. The average Bonchev–Trinajstić information content (AvgIpc) is 2.52. The van der Waals surface area contributed by atoms with E-state index >= 15 is 0 Å². The summed E-state index contributed by atoms with van der Waals surface area (Å²) in [6.07, 6.45) is 5.21. The maximum absolute atomic E-state index is 9.13. The second-order valence-corrected chi connectivity index (χ2v) is 4.13. The third kappa shape index (κ3) is 3.22. The normalized spacial score (nSPS) is 11.0. The predicted octanol–water partition coefficient (Wildman–Crippen LogP) is 4.29. The van der Waals surface area contributed by atoms with Crippen LogP contribution < -0.4 is 0 Å². The molecule has 20 heavy (non-hydrogen) atoms. The Bertz CT molecular complexity index is 726. The lowest BCUT2D eigenvalue weighted by Gasteiger charge is -2.03. The van der Waals surface area contributed by atoms with Gasteiger partial charge in [-0.15, -0.1) is 0 Å². The van der Waals surface area contributed by atoms with E-state index in [0.29, 0.717) is 5.57 Å². The van der Waals surface area contributed by atoms with E-state index in [1.165, 1.54) is 6.08 Å². The molecule has 0 aliphatic carbocycles. The molecule has 0 spiro atoms. The Morgan fingerprint density at radius 1 is 0.850 bits per heavy atom. The second kappa shape index (κ2) is 6.73. The molecule has 0 aliphatic heterocycles. The summed E-state index contributed by atoms with van der Waals surface area (Å²) in [5, 5.41) is 17.9. The Kier molecular flexibility index (Phi) is 4.49. The van der Waals surface area contributed by atoms with Crippen LogP contribution in [0.2, 0.25) is 0 Å². The van der Waals surface area contributed by atoms with Gasteiger partial charge in [0.25, 0.3) is 0 Å². The first-order valence-electron chi connectivity index (χ1n) is 6.17. The van der Waals surface area contributed by atoms with Crippen molar-refractivity contribution >= 4 is 17.7 Å². The second-order valence-electron chi connectivity index (χ2n) is 4.13. The number of allylic oxidation sites excluding steroid dienone is 2. The van der Waals surface area contributed by atoms with Gasteiger partial charge >= 0.3 is 0 Å². The summed E-state index contributed by atoms with van der Waals surface area (Å²) >= 11 is 0. The number of benzene rings is 2. The fourth-order valence-corrected chi connectivity index (χ4v) is 1.87. The van der Waals surface area contributed by atoms with Crippen molar-refractivity contribution in [1.82, 2.24) is 0 Å². The minimum Gasteiger partial charge on any atom is -0.193 e. The topological polar surface area (TPSA) is 47.6 Å². The van der Waals surface area contributed by atoms with Gasteiger partial charge in [-0.25, -0.2) is 0 Å². The zero-order valence-corrected chi connectivity index (χ0v) is 10.8. The summed E-state index contributed by atoms with van der Waals surface area (Å²) in [5.74, 6) is 0. The van der Waals surface area contributed by atoms with Gasteiger partial charge in [-0.2, -0.15) is 10.5 Å². The smallest absolute Gasteiger partial charge is 0.101 e. The average molecular weight is 256 g/mol. The summed E-state index contributed by atoms with van der Waals surface area (Å²) in [4.78, 5) is 0. The van der Waals surface area contributed by atoms with Crippen LogP contribution in [-0.4, -0.2) is 0 Å². The molecule has 0 unspecified atom stereocenters. The largest absolute Gasteiger partial charge is 0.193 e. The lowest BCUT2D eigenvalue weighted by molar-refractivity contribution is 1.50. The summed E-state index contributed by atoms with van der Waals surface area (Å²) < 4.78 is 0. The van der Waals surface area contributed by atoms with Gasteiger partial charge in [0.15, 0.2) is 0 Å². The van der Waals surface area contributed by atoms with Gasteiger partial charge in [0.1, 0.15) is 6.07 Å². The first kappa shape index (κ1) is 13.3. The molecule has 2 nitrogen and oxygen atoms in total. The van der Waals surface area contributed by atoms with Gasteiger partial charge in [0.05, 0.1) is 11.6 Å². The Morgan fingerprint density at radius 3 is 2.25 bits per heavy atom. The van der Waals surface area contributed by atoms with Crippen molar-refractivity contribution in [3.05, 3.63) is 77.4 Å². The SMILES string of the molecule is N#C/C=C(/C#N)c1ccccc1/C=C/c1ccccc1. The molecule has 0 amide bonds. The molecule has 0 saturated heterocycles. The molecule has 0 bridgehead atoms. The highest BCUT2D eigenvalue weighted by Crippen LogP contribution is 2.20. The minimum absolute atomic E-state index is 0.376. The van der Waals surface area contributed by atoms with E-state index in [4.69, 9.17) is 10.5 Å². The molecular formula is C18H12N2. The van der Waals surface area contributed by atoms with Crippen LogP contribution in [0.1, 0.15) is 16.7 Å². The van der Waals surface area contributed by atoms with Gasteiger partial charge in [-0.05, 0) is 11.1 Å². The zero-order chi connectivity index (χ0) is 14.2. The highest BCUT2D eigenvalue weighted by molar-refractivity contribution is 5.85. The van der Waals surface area contributed by atoms with E-state index in [1.807, 2.05) is 72.8 Å². The van der Waals surface area contributed by atoms with Crippen LogP contribution in [0, 0.1) is 22.7 Å². The van der Waals surface area contributed by atoms with Crippen LogP contribution in [0.5, 0.6) is 0 Å². The molecule has 2 aromatic rings. The summed E-state index contributed by atoms with van der Waals surface area (Å²) in [6.45, 7) is 0. The lowest BCUT2D eigenvalue weighted by Crippen LogP contribution is -1.86. The van der Waals surface area contributed by atoms with Crippen LogP contribution in [-0.2, 0) is 0 Å². The molecule has 2 heteroatoms. The molecule has 2 aromatic carbocycles. The lowest BCUT2D eigenvalue weighted by atomic mass is 9.99. The highest BCUT2D eigenvalue weighted by atomic mass is 14.3. The van der Waals surface area contributed by atoms with Gasteiger partial charge in [-0.3, -0.25) is 0 Å². The summed E-state index contributed by atoms with van der Waals surface area (Å²) in [6, 6.07) is 21.4. The van der Waals surface area contributed by atoms with Crippen molar-refractivity contribution in [2.24, 2.45) is 0 Å². The quantitative estimate of drug-likeness (QED) is 0.607. The van der Waals surface area contributed by atoms with Crippen molar-refractivity contribution in [2.45, 2.75) is 0 Å². The van der Waals surface area contributed by atoms with Crippen LogP contribution in [0.25, 0.3) is 17.7 Å². The summed E-state index contributed by atoms with van der Waals surface area (Å²) in [5.41, 5.74) is 3.15. The maximum Gasteiger partial charge on any atom is 0.101 e. The number of hydrogen-bond acceptors (Lipinski definition) is 2. The monoisotopic (exact) mass is 256 g/mol. The van der Waals surface area contributed by atoms with Crippen molar-refractivity contribution in [3.63, 3.8) is 0 Å². The van der Waals surface area contributed by atoms with E-state index in [0.717, 1.165) is 16.7 Å². The van der Waals surface area contributed by atoms with E-state index in [2.05, 4.69) is 6.07 Å². The van der Waals surface area contributed by atoms with Crippen LogP contribution in [0.15, 0.2) is 60.7 Å².